The SMILES string of the molecule is CC(C)[C@@](C)(C#N)NS(=O)(=O)c1c(F)cccc1F. The molecule has 0 unspecified atom stereocenters. The molecule has 0 aliphatic rings. The summed E-state index contributed by atoms with van der Waals surface area (Å²) in [5.74, 6) is -2.77. The summed E-state index contributed by atoms with van der Waals surface area (Å²) in [4.78, 5) is -1.07. The number of nitrogens with one attached hydrogen (secondary N) is 1. The van der Waals surface area contributed by atoms with E-state index in [0.717, 1.165) is 18.2 Å². The first-order valence-corrected chi connectivity index (χ1v) is 7.01. The first-order chi connectivity index (χ1) is 8.64. The van der Waals surface area contributed by atoms with Gasteiger partial charge in [-0.25, -0.2) is 17.2 Å². The molecule has 1 aromatic carbocycles. The van der Waals surface area contributed by atoms with Gasteiger partial charge in [0.15, 0.2) is 4.90 Å². The summed E-state index contributed by atoms with van der Waals surface area (Å²) >= 11 is 0. The van der Waals surface area contributed by atoms with Gasteiger partial charge in [-0.3, -0.25) is 0 Å². The molecule has 0 radical (unpaired) electrons. The van der Waals surface area contributed by atoms with Gasteiger partial charge in [0.1, 0.15) is 17.2 Å². The highest BCUT2D eigenvalue weighted by Crippen LogP contribution is 2.23. The second-order valence-electron chi connectivity index (χ2n) is 4.63. The molecule has 1 N–H and O–H groups in total. The molecule has 1 rings (SSSR count). The summed E-state index contributed by atoms with van der Waals surface area (Å²) in [7, 11) is -4.46. The predicted molar refractivity (Wildman–Crippen MR) is 65.5 cm³/mol. The molecule has 4 nitrogen and oxygen atoms in total. The third-order valence-corrected chi connectivity index (χ3v) is 4.54. The van der Waals surface area contributed by atoms with Crippen LogP contribution < -0.4 is 4.72 Å². The number of sulfonamides is 1. The van der Waals surface area contributed by atoms with Crippen LogP contribution in [0.4, 0.5) is 8.78 Å². The third kappa shape index (κ3) is 3.08. The van der Waals surface area contributed by atoms with Gasteiger partial charge in [0.05, 0.1) is 6.07 Å². The highest BCUT2D eigenvalue weighted by Gasteiger charge is 2.36. The van der Waals surface area contributed by atoms with Gasteiger partial charge in [0.25, 0.3) is 0 Å². The van der Waals surface area contributed by atoms with Crippen LogP contribution in [0.25, 0.3) is 0 Å². The summed E-state index contributed by atoms with van der Waals surface area (Å²) in [6.45, 7) is 4.61. The van der Waals surface area contributed by atoms with Crippen molar-refractivity contribution < 1.29 is 17.2 Å². The van der Waals surface area contributed by atoms with E-state index < -0.39 is 32.1 Å². The number of halogens is 2. The van der Waals surface area contributed by atoms with Gasteiger partial charge in [-0.1, -0.05) is 19.9 Å². The first kappa shape index (κ1) is 15.5. The molecule has 0 saturated carbocycles. The molecule has 0 amide bonds. The fourth-order valence-corrected chi connectivity index (χ4v) is 2.93. The van der Waals surface area contributed by atoms with Gasteiger partial charge in [0.2, 0.25) is 10.0 Å². The molecule has 0 spiro atoms. The summed E-state index contributed by atoms with van der Waals surface area (Å²) in [5, 5.41) is 9.04. The van der Waals surface area contributed by atoms with Crippen LogP contribution in [-0.2, 0) is 10.0 Å². The Bertz CT molecular complexity index is 603. The summed E-state index contributed by atoms with van der Waals surface area (Å²) in [5.41, 5.74) is -1.45. The van der Waals surface area contributed by atoms with E-state index in [1.165, 1.54) is 6.92 Å². The predicted octanol–water partition coefficient (Wildman–Crippen LogP) is 2.18. The van der Waals surface area contributed by atoms with E-state index >= 15 is 0 Å². The Kier molecular flexibility index (Phi) is 4.28. The van der Waals surface area contributed by atoms with Crippen LogP contribution >= 0.6 is 0 Å². The first-order valence-electron chi connectivity index (χ1n) is 5.53. The molecule has 0 fully saturated rings. The molecule has 7 heteroatoms. The molecule has 0 saturated heterocycles. The van der Waals surface area contributed by atoms with Crippen LogP contribution in [0, 0.1) is 28.9 Å². The number of nitriles is 1. The van der Waals surface area contributed by atoms with E-state index in [0.29, 0.717) is 0 Å². The highest BCUT2D eigenvalue weighted by atomic mass is 32.2. The van der Waals surface area contributed by atoms with Gasteiger partial charge < -0.3 is 0 Å². The number of rotatable bonds is 4. The maximum Gasteiger partial charge on any atom is 0.247 e. The molecular formula is C12H14F2N2O2S. The van der Waals surface area contributed by atoms with Gasteiger partial charge >= 0.3 is 0 Å². The third-order valence-electron chi connectivity index (χ3n) is 2.92. The fourth-order valence-electron chi connectivity index (χ4n) is 1.34. The summed E-state index contributed by atoms with van der Waals surface area (Å²) in [6, 6.07) is 4.56. The van der Waals surface area contributed by atoms with Crippen molar-refractivity contribution in [2.45, 2.75) is 31.2 Å². The molecule has 1 atom stereocenters. The maximum absolute atomic E-state index is 13.5. The second-order valence-corrected chi connectivity index (χ2v) is 6.24. The molecule has 0 aliphatic heterocycles. The molecule has 0 bridgehead atoms. The Morgan fingerprint density at radius 2 is 1.79 bits per heavy atom. The van der Waals surface area contributed by atoms with Crippen molar-refractivity contribution >= 4 is 10.0 Å². The Balaban J connectivity index is 3.32. The molecular weight excluding hydrogens is 274 g/mol. The Morgan fingerprint density at radius 3 is 2.16 bits per heavy atom. The van der Waals surface area contributed by atoms with E-state index in [4.69, 9.17) is 5.26 Å². The van der Waals surface area contributed by atoms with Crippen LogP contribution in [0.5, 0.6) is 0 Å². The maximum atomic E-state index is 13.5. The lowest BCUT2D eigenvalue weighted by Crippen LogP contribution is -2.49. The van der Waals surface area contributed by atoms with Crippen LogP contribution in [0.15, 0.2) is 23.1 Å². The zero-order valence-corrected chi connectivity index (χ0v) is 11.6. The standard InChI is InChI=1S/C12H14F2N2O2S/c1-8(2)12(3,7-15)16-19(17,18)11-9(13)5-4-6-10(11)14/h4-6,8,16H,1-3H3/t12-/m1/s1. The fraction of sp³-hybridized carbons (Fsp3) is 0.417. The van der Waals surface area contributed by atoms with Gasteiger partial charge in [-0.2, -0.15) is 9.98 Å². The Hall–Kier alpha value is -1.52. The second kappa shape index (κ2) is 5.23. The topological polar surface area (TPSA) is 70.0 Å². The van der Waals surface area contributed by atoms with Crippen LogP contribution in [0.2, 0.25) is 0 Å². The van der Waals surface area contributed by atoms with Gasteiger partial charge in [0, 0.05) is 0 Å². The number of hydrogen-bond donors (Lipinski definition) is 1. The van der Waals surface area contributed by atoms with Crippen LogP contribution in [0.1, 0.15) is 20.8 Å². The molecule has 1 aromatic rings. The van der Waals surface area contributed by atoms with Crippen molar-refractivity contribution in [1.82, 2.24) is 4.72 Å². The zero-order chi connectivity index (χ0) is 14.8. The molecule has 104 valence electrons. The van der Waals surface area contributed by atoms with E-state index in [2.05, 4.69) is 0 Å². The monoisotopic (exact) mass is 288 g/mol. The van der Waals surface area contributed by atoms with Gasteiger partial charge in [-0.15, -0.1) is 0 Å². The number of nitrogens with zero attached hydrogens (tertiary/aromatic N) is 1. The van der Waals surface area contributed by atoms with E-state index in [1.807, 2.05) is 10.8 Å². The van der Waals surface area contributed by atoms with Crippen molar-refractivity contribution in [2.75, 3.05) is 0 Å². The van der Waals surface area contributed by atoms with Crippen molar-refractivity contribution in [3.8, 4) is 6.07 Å². The van der Waals surface area contributed by atoms with Crippen molar-refractivity contribution in [3.63, 3.8) is 0 Å². The number of benzene rings is 1. The molecule has 0 aliphatic carbocycles. The van der Waals surface area contributed by atoms with E-state index in [9.17, 15) is 17.2 Å². The van der Waals surface area contributed by atoms with E-state index in [-0.39, 0.29) is 5.92 Å². The summed E-state index contributed by atoms with van der Waals surface area (Å²) < 4.78 is 53.0. The lowest BCUT2D eigenvalue weighted by Gasteiger charge is -2.27. The molecule has 19 heavy (non-hydrogen) atoms. The minimum absolute atomic E-state index is 0.373. The Labute approximate surface area is 111 Å². The minimum Gasteiger partial charge on any atom is -0.207 e. The average Bonchev–Trinajstić information content (AvgIpc) is 2.27. The van der Waals surface area contributed by atoms with Crippen molar-refractivity contribution in [1.29, 1.82) is 5.26 Å². The Morgan fingerprint density at radius 1 is 1.32 bits per heavy atom. The lowest BCUT2D eigenvalue weighted by atomic mass is 9.92. The number of hydrogen-bond acceptors (Lipinski definition) is 3. The molecule has 0 aromatic heterocycles. The van der Waals surface area contributed by atoms with Crippen LogP contribution in [0.3, 0.4) is 0 Å². The molecule has 0 heterocycles. The van der Waals surface area contributed by atoms with E-state index in [1.54, 1.807) is 13.8 Å². The van der Waals surface area contributed by atoms with Crippen LogP contribution in [-0.4, -0.2) is 14.0 Å². The van der Waals surface area contributed by atoms with Crippen molar-refractivity contribution in [3.05, 3.63) is 29.8 Å². The minimum atomic E-state index is -4.46. The lowest BCUT2D eigenvalue weighted by molar-refractivity contribution is 0.386. The average molecular weight is 288 g/mol. The quantitative estimate of drug-likeness (QED) is 0.923. The highest BCUT2D eigenvalue weighted by molar-refractivity contribution is 7.89. The largest absolute Gasteiger partial charge is 0.247 e. The summed E-state index contributed by atoms with van der Waals surface area (Å²) in [6.07, 6.45) is 0. The normalized spacial score (nSPS) is 15.0. The van der Waals surface area contributed by atoms with Crippen molar-refractivity contribution in [2.24, 2.45) is 5.92 Å². The zero-order valence-electron chi connectivity index (χ0n) is 10.7. The van der Waals surface area contributed by atoms with Gasteiger partial charge in [-0.05, 0) is 25.0 Å². The smallest absolute Gasteiger partial charge is 0.207 e.